The number of carboxylic acids is 1. The summed E-state index contributed by atoms with van der Waals surface area (Å²) in [7, 11) is 4.49. The highest BCUT2D eigenvalue weighted by molar-refractivity contribution is 6.07. The van der Waals surface area contributed by atoms with E-state index in [1.54, 1.807) is 27.2 Å². The number of aliphatic carboxylic acids is 1. The summed E-state index contributed by atoms with van der Waals surface area (Å²) in [5.41, 5.74) is 1.20. The Balaban J connectivity index is 1.08. The molecule has 1 fully saturated rings. The van der Waals surface area contributed by atoms with Gasteiger partial charge in [0.1, 0.15) is 42.1 Å². The van der Waals surface area contributed by atoms with Crippen molar-refractivity contribution in [3.63, 3.8) is 0 Å². The van der Waals surface area contributed by atoms with Gasteiger partial charge in [0.25, 0.3) is 29.5 Å². The summed E-state index contributed by atoms with van der Waals surface area (Å²) < 4.78 is 36.5. The minimum atomic E-state index is -2.03. The third kappa shape index (κ3) is 13.6. The van der Waals surface area contributed by atoms with Crippen molar-refractivity contribution in [2.45, 2.75) is 69.3 Å². The van der Waals surface area contributed by atoms with E-state index in [0.717, 1.165) is 4.90 Å². The van der Waals surface area contributed by atoms with Crippen molar-refractivity contribution in [2.24, 2.45) is 20.0 Å². The van der Waals surface area contributed by atoms with E-state index >= 15 is 0 Å². The zero-order valence-corrected chi connectivity index (χ0v) is 43.2. The number of aromatic nitrogens is 2. The molecule has 0 aliphatic carbocycles. The maximum absolute atomic E-state index is 14.4. The van der Waals surface area contributed by atoms with Gasteiger partial charge in [-0.1, -0.05) is 11.6 Å². The number of aryl methyl sites for hydroxylation is 2. The van der Waals surface area contributed by atoms with Crippen molar-refractivity contribution < 1.29 is 97.5 Å². The SMILES string of the molecule is COc1cc2c(cc1OCC(=O)Nc1cc(C(=O)Nc3cc(C(=O)NCCCO)n(C)c3)n(C)c1)N(C(=O)OCc1ccc(O[C@@H]3OC(C(=O)O)[C@@H](O)[C@H](O)[C@H]3O)c(C(=O)NCCOCCON)c1)C(O)[C@@H]1CC(C)=CN1C2=O. The molecule has 3 aliphatic heterocycles. The third-order valence-corrected chi connectivity index (χ3v) is 12.6. The van der Waals surface area contributed by atoms with Gasteiger partial charge in [-0.3, -0.25) is 24.0 Å². The van der Waals surface area contributed by atoms with Gasteiger partial charge in [0.15, 0.2) is 30.4 Å². The number of hydrogen-bond acceptors (Lipinski definition) is 20. The molecule has 4 aromatic rings. The van der Waals surface area contributed by atoms with Gasteiger partial charge in [-0.25, -0.2) is 20.4 Å². The molecule has 0 spiro atoms. The number of nitrogens with two attached hydrogens (primary N) is 1. The Morgan fingerprint density at radius 2 is 1.51 bits per heavy atom. The molecule has 3 aliphatic rings. The first kappa shape index (κ1) is 58.6. The Morgan fingerprint density at radius 3 is 2.19 bits per heavy atom. The van der Waals surface area contributed by atoms with E-state index in [0.29, 0.717) is 17.7 Å². The van der Waals surface area contributed by atoms with Crippen molar-refractivity contribution in [3.8, 4) is 17.2 Å². The van der Waals surface area contributed by atoms with Crippen LogP contribution in [0.4, 0.5) is 21.9 Å². The Labute approximate surface area is 449 Å². The van der Waals surface area contributed by atoms with E-state index in [1.165, 1.54) is 76.0 Å². The van der Waals surface area contributed by atoms with Gasteiger partial charge in [-0.15, -0.1) is 0 Å². The van der Waals surface area contributed by atoms with Crippen molar-refractivity contribution in [3.05, 3.63) is 94.7 Å². The van der Waals surface area contributed by atoms with Crippen LogP contribution in [0, 0.1) is 0 Å². The summed E-state index contributed by atoms with van der Waals surface area (Å²) in [6.07, 6.45) is -7.81. The number of methoxy groups -OCH3 is 1. The molecular weight excluding hydrogens is 1050 g/mol. The van der Waals surface area contributed by atoms with Crippen LogP contribution in [0.15, 0.2) is 66.6 Å². The number of nitrogens with one attached hydrogen (secondary N) is 4. The van der Waals surface area contributed by atoms with Gasteiger partial charge in [0, 0.05) is 58.5 Å². The second-order valence-corrected chi connectivity index (χ2v) is 18.3. The number of benzene rings is 2. The molecule has 79 heavy (non-hydrogen) atoms. The average molecular weight is 1110 g/mol. The average Bonchev–Trinajstić information content (AvgIpc) is 4.13. The lowest BCUT2D eigenvalue weighted by Gasteiger charge is -2.38. The molecule has 12 N–H and O–H groups in total. The van der Waals surface area contributed by atoms with Gasteiger partial charge >= 0.3 is 12.1 Å². The quantitative estimate of drug-likeness (QED) is 0.0322. The number of nitrogens with zero attached hydrogens (tertiary/aromatic N) is 4. The number of aliphatic hydroxyl groups excluding tert-OH is 5. The predicted octanol–water partition coefficient (Wildman–Crippen LogP) is -0.745. The largest absolute Gasteiger partial charge is 0.493 e. The standard InChI is InChI=1S/C50H61N9O20/c1-25-14-34-47(69)59(50(72)76-23-26-6-7-35(30(15-26)43(65)53-9-11-74-12-13-77-51)78-49-41(64)39(62)40(63)42(79-49)48(70)71)31-19-37(36(73-4)18-29(31)46(68)58(34)20-25)75-24-38(61)54-27-16-33(57(3)21-27)45(67)55-28-17-32(56(2)22-28)44(66)52-8-5-10-60/h6-7,15-22,34,39-42,47,49,60,62-64,69H,5,8-14,23-24,51H2,1-4H3,(H,52,66)(H,53,65)(H,54,61)(H,55,67)(H,70,71)/t34-,39-,40-,41+,42?,47?,49+/m0/s1. The van der Waals surface area contributed by atoms with Gasteiger partial charge < -0.3 is 99.2 Å². The summed E-state index contributed by atoms with van der Waals surface area (Å²) in [5.74, 6) is -0.226. The minimum Gasteiger partial charge on any atom is -0.493 e. The second kappa shape index (κ2) is 26.0. The molecule has 2 unspecified atom stereocenters. The van der Waals surface area contributed by atoms with Gasteiger partial charge in [0.05, 0.1) is 61.2 Å². The molecule has 0 bridgehead atoms. The smallest absolute Gasteiger partial charge is 0.416 e. The van der Waals surface area contributed by atoms with Gasteiger partial charge in [-0.2, -0.15) is 0 Å². The monoisotopic (exact) mass is 1110 g/mol. The number of hydrogen-bond donors (Lipinski definition) is 11. The fraction of sp³-hybridized carbons (Fsp3) is 0.420. The maximum Gasteiger partial charge on any atom is 0.416 e. The van der Waals surface area contributed by atoms with Crippen LogP contribution in [0.25, 0.3) is 0 Å². The van der Waals surface area contributed by atoms with Crippen molar-refractivity contribution in [1.29, 1.82) is 0 Å². The molecule has 7 atom stereocenters. The number of aliphatic hydroxyl groups is 5. The van der Waals surface area contributed by atoms with Crippen molar-refractivity contribution in [2.75, 3.05) is 68.8 Å². The Bertz CT molecular complexity index is 2960. The van der Waals surface area contributed by atoms with Crippen LogP contribution in [0.5, 0.6) is 17.2 Å². The molecule has 5 heterocycles. The summed E-state index contributed by atoms with van der Waals surface area (Å²) in [6, 6.07) is 8.17. The van der Waals surface area contributed by atoms with E-state index in [4.69, 9.17) is 39.4 Å². The highest BCUT2D eigenvalue weighted by Gasteiger charge is 2.49. The molecule has 29 nitrogen and oxygen atoms in total. The molecule has 0 radical (unpaired) electrons. The molecule has 2 aromatic heterocycles. The van der Waals surface area contributed by atoms with Crippen LogP contribution in [0.1, 0.15) is 67.0 Å². The molecule has 29 heteroatoms. The maximum atomic E-state index is 14.4. The topological polar surface area (TPSA) is 396 Å². The molecule has 0 saturated carbocycles. The fourth-order valence-corrected chi connectivity index (χ4v) is 8.73. The number of rotatable bonds is 23. The number of ether oxygens (including phenoxy) is 6. The Hall–Kier alpha value is -8.13. The van der Waals surface area contributed by atoms with Crippen LogP contribution in [-0.4, -0.2) is 182 Å². The van der Waals surface area contributed by atoms with Crippen LogP contribution in [0.3, 0.4) is 0 Å². The molecule has 7 rings (SSSR count). The molecule has 426 valence electrons. The Kier molecular flexibility index (Phi) is 19.3. The van der Waals surface area contributed by atoms with Crippen LogP contribution >= 0.6 is 0 Å². The number of anilines is 3. The van der Waals surface area contributed by atoms with E-state index in [1.807, 2.05) is 0 Å². The number of carbonyl (C=O) groups is 7. The van der Waals surface area contributed by atoms with E-state index in [-0.39, 0.29) is 103 Å². The number of carboxylic acid groups (broad SMARTS) is 1. The first-order chi connectivity index (χ1) is 37.7. The highest BCUT2D eigenvalue weighted by Crippen LogP contribution is 2.42. The zero-order chi connectivity index (χ0) is 57.2. The van der Waals surface area contributed by atoms with E-state index in [2.05, 4.69) is 26.1 Å². The lowest BCUT2D eigenvalue weighted by molar-refractivity contribution is -0.271. The zero-order valence-electron chi connectivity index (χ0n) is 43.2. The second-order valence-electron chi connectivity index (χ2n) is 18.3. The highest BCUT2D eigenvalue weighted by atomic mass is 16.7. The molecule has 1 saturated heterocycles. The summed E-state index contributed by atoms with van der Waals surface area (Å²) in [4.78, 5) is 99.9. The summed E-state index contributed by atoms with van der Waals surface area (Å²) >= 11 is 0. The fourth-order valence-electron chi connectivity index (χ4n) is 8.73. The number of amides is 6. The van der Waals surface area contributed by atoms with Crippen molar-refractivity contribution >= 4 is 58.7 Å². The Morgan fingerprint density at radius 1 is 0.810 bits per heavy atom. The molecule has 6 amide bonds. The third-order valence-electron chi connectivity index (χ3n) is 12.6. The minimum absolute atomic E-state index is 0.00591. The lowest BCUT2D eigenvalue weighted by atomic mass is 9.99. The van der Waals surface area contributed by atoms with Crippen molar-refractivity contribution in [1.82, 2.24) is 24.7 Å². The van der Waals surface area contributed by atoms with E-state index in [9.17, 15) is 59.1 Å². The van der Waals surface area contributed by atoms with Gasteiger partial charge in [-0.05, 0) is 55.7 Å². The number of fused-ring (bicyclic) bond motifs is 2. The first-order valence-corrected chi connectivity index (χ1v) is 24.5. The molecular formula is C50H61N9O20. The lowest BCUT2D eigenvalue weighted by Crippen LogP contribution is -2.61. The summed E-state index contributed by atoms with van der Waals surface area (Å²) in [6.45, 7) is 0.779. The predicted molar refractivity (Wildman–Crippen MR) is 272 cm³/mol. The number of carbonyl (C=O) groups excluding carboxylic acids is 6. The van der Waals surface area contributed by atoms with Crippen LogP contribution in [-0.2, 0) is 49.3 Å². The summed E-state index contributed by atoms with van der Waals surface area (Å²) in [5, 5.41) is 72.4. The van der Waals surface area contributed by atoms with Crippen LogP contribution < -0.4 is 46.3 Å². The normalized spacial score (nSPS) is 20.5. The first-order valence-electron chi connectivity index (χ1n) is 24.5. The molecule has 2 aromatic carbocycles. The van der Waals surface area contributed by atoms with Crippen LogP contribution in [0.2, 0.25) is 0 Å². The van der Waals surface area contributed by atoms with E-state index < -0.39 is 97.8 Å². The van der Waals surface area contributed by atoms with Gasteiger partial charge in [0.2, 0.25) is 6.29 Å².